The molecule has 34 heavy (non-hydrogen) atoms. The first-order valence-corrected chi connectivity index (χ1v) is 10.4. The number of hydrogen-bond donors (Lipinski definition) is 9. The summed E-state index contributed by atoms with van der Waals surface area (Å²) in [5.74, 6) is -3.91. The molecule has 0 fully saturated rings. The minimum absolute atomic E-state index is 0.0227. The number of H-pyrrole nitrogens is 1. The van der Waals surface area contributed by atoms with Gasteiger partial charge < -0.3 is 42.9 Å². The quantitative estimate of drug-likeness (QED) is 0.199. The number of aliphatic carboxylic acids is 2. The summed E-state index contributed by atoms with van der Waals surface area (Å²) in [4.78, 5) is 53.5. The molecular weight excluding hydrogens is 448 g/mol. The first-order chi connectivity index (χ1) is 16.2. The lowest BCUT2D eigenvalue weighted by molar-refractivity contribution is -0.143. The highest BCUT2D eigenvalue weighted by Crippen LogP contribution is 2.20. The lowest BCUT2D eigenvalue weighted by atomic mass is 9.99. The topological polar surface area (TPSA) is 238 Å². The molecule has 2 unspecified atom stereocenters. The van der Waals surface area contributed by atoms with Gasteiger partial charge in [0.1, 0.15) is 11.7 Å². The highest BCUT2D eigenvalue weighted by Gasteiger charge is 2.28. The number of nitrogens with one attached hydrogen (secondary N) is 5. The van der Waals surface area contributed by atoms with Crippen molar-refractivity contribution in [1.82, 2.24) is 15.3 Å². The number of amides is 1. The molecule has 0 saturated heterocycles. The number of benzene rings is 1. The number of fused-ring (bicyclic) bond motifs is 1. The van der Waals surface area contributed by atoms with Gasteiger partial charge in [0.05, 0.1) is 12.0 Å². The van der Waals surface area contributed by atoms with Crippen molar-refractivity contribution in [2.45, 2.75) is 18.5 Å². The molecule has 14 nitrogen and oxygen atoms in total. The smallest absolute Gasteiger partial charge is 0.326 e. The molecule has 0 aliphatic carbocycles. The summed E-state index contributed by atoms with van der Waals surface area (Å²) in [5.41, 5.74) is 11.7. The number of nitrogen functional groups attached to an aromatic ring is 1. The first kappa shape index (κ1) is 24.3. The largest absolute Gasteiger partial charge is 0.481 e. The fourth-order valence-electron chi connectivity index (χ4n) is 3.38. The molecule has 182 valence electrons. The molecule has 1 aromatic heterocycles. The van der Waals surface area contributed by atoms with Crippen LogP contribution in [0.25, 0.3) is 0 Å². The molecule has 0 spiro atoms. The van der Waals surface area contributed by atoms with Gasteiger partial charge in [-0.05, 0) is 30.7 Å². The fraction of sp³-hybridized carbons (Fsp3) is 0.350. The van der Waals surface area contributed by atoms with Gasteiger partial charge in [0.25, 0.3) is 11.5 Å². The molecule has 1 aliphatic heterocycles. The zero-order chi connectivity index (χ0) is 24.8. The second kappa shape index (κ2) is 10.5. The Bertz CT molecular complexity index is 1120. The van der Waals surface area contributed by atoms with Gasteiger partial charge in [-0.2, -0.15) is 4.98 Å². The van der Waals surface area contributed by atoms with Gasteiger partial charge in [-0.3, -0.25) is 19.4 Å². The van der Waals surface area contributed by atoms with Crippen LogP contribution in [0.15, 0.2) is 29.1 Å². The molecule has 1 aromatic carbocycles. The highest BCUT2D eigenvalue weighted by molar-refractivity contribution is 5.97. The normalized spacial score (nSPS) is 16.2. The Labute approximate surface area is 193 Å². The number of carboxylic acid groups (broad SMARTS) is 2. The van der Waals surface area contributed by atoms with Gasteiger partial charge in [-0.25, -0.2) is 4.79 Å². The number of carboxylic acids is 2. The predicted molar refractivity (Wildman–Crippen MR) is 124 cm³/mol. The second-order valence-electron chi connectivity index (χ2n) is 7.73. The molecule has 14 heteroatoms. The van der Waals surface area contributed by atoms with Crippen molar-refractivity contribution in [3.05, 3.63) is 40.2 Å². The van der Waals surface area contributed by atoms with Gasteiger partial charge in [-0.1, -0.05) is 0 Å². The number of nitrogens with two attached hydrogens (primary N) is 2. The van der Waals surface area contributed by atoms with Crippen LogP contribution < -0.4 is 38.3 Å². The summed E-state index contributed by atoms with van der Waals surface area (Å²) in [7, 11) is 0. The monoisotopic (exact) mass is 474 g/mol. The first-order valence-electron chi connectivity index (χ1n) is 10.4. The van der Waals surface area contributed by atoms with E-state index in [9.17, 15) is 24.3 Å². The number of nitrogens with zero attached hydrogens (tertiary/aromatic N) is 1. The van der Waals surface area contributed by atoms with Crippen LogP contribution in [-0.2, 0) is 9.59 Å². The van der Waals surface area contributed by atoms with Crippen molar-refractivity contribution < 1.29 is 24.6 Å². The Hall–Kier alpha value is -4.33. The Kier molecular flexibility index (Phi) is 7.53. The average molecular weight is 474 g/mol. The molecule has 1 amide bonds. The zero-order valence-electron chi connectivity index (χ0n) is 18.0. The number of hydrogen-bond acceptors (Lipinski definition) is 10. The van der Waals surface area contributed by atoms with E-state index in [-0.39, 0.29) is 36.1 Å². The zero-order valence-corrected chi connectivity index (χ0v) is 18.0. The van der Waals surface area contributed by atoms with E-state index in [1.54, 1.807) is 12.1 Å². The van der Waals surface area contributed by atoms with Crippen LogP contribution in [0.5, 0.6) is 0 Å². The SMILES string of the molecule is NCC(C[C@H](NC(=O)c1ccc(NCC2CNc3nc(N)[nH]c(=O)c3N2)cc1)C(=O)O)C(=O)O. The average Bonchev–Trinajstić information content (AvgIpc) is 2.80. The molecule has 11 N–H and O–H groups in total. The molecule has 3 atom stereocenters. The summed E-state index contributed by atoms with van der Waals surface area (Å²) in [6.45, 7) is 0.691. The van der Waals surface area contributed by atoms with Crippen molar-refractivity contribution >= 4 is 41.0 Å². The Morgan fingerprint density at radius 2 is 1.88 bits per heavy atom. The minimum Gasteiger partial charge on any atom is -0.481 e. The maximum absolute atomic E-state index is 12.4. The van der Waals surface area contributed by atoms with E-state index in [1.807, 2.05) is 0 Å². The van der Waals surface area contributed by atoms with Crippen LogP contribution in [0, 0.1) is 5.92 Å². The van der Waals surface area contributed by atoms with Crippen LogP contribution in [0.3, 0.4) is 0 Å². The summed E-state index contributed by atoms with van der Waals surface area (Å²) >= 11 is 0. The van der Waals surface area contributed by atoms with Crippen molar-refractivity contribution in [1.29, 1.82) is 0 Å². The third-order valence-corrected chi connectivity index (χ3v) is 5.26. The van der Waals surface area contributed by atoms with Crippen molar-refractivity contribution in [2.75, 3.05) is 41.3 Å². The summed E-state index contributed by atoms with van der Waals surface area (Å²) in [5, 5.41) is 30.1. The highest BCUT2D eigenvalue weighted by atomic mass is 16.4. The third-order valence-electron chi connectivity index (χ3n) is 5.26. The Morgan fingerprint density at radius 3 is 2.50 bits per heavy atom. The number of aromatic nitrogens is 2. The van der Waals surface area contributed by atoms with E-state index >= 15 is 0 Å². The molecule has 2 aromatic rings. The number of anilines is 4. The molecule has 0 radical (unpaired) electrons. The molecule has 0 saturated carbocycles. The van der Waals surface area contributed by atoms with Gasteiger partial charge in [0.2, 0.25) is 5.95 Å². The molecule has 0 bridgehead atoms. The van der Waals surface area contributed by atoms with Gasteiger partial charge in [-0.15, -0.1) is 0 Å². The summed E-state index contributed by atoms with van der Waals surface area (Å²) in [6.07, 6.45) is -0.330. The molecule has 2 heterocycles. The van der Waals surface area contributed by atoms with E-state index < -0.39 is 29.8 Å². The lowest BCUT2D eigenvalue weighted by Crippen LogP contribution is -2.44. The van der Waals surface area contributed by atoms with Crippen LogP contribution in [-0.4, -0.2) is 69.7 Å². The number of aromatic amines is 1. The van der Waals surface area contributed by atoms with Gasteiger partial charge in [0.15, 0.2) is 5.82 Å². The molecular formula is C20H26N8O6. The number of carbonyl (C=O) groups is 3. The fourth-order valence-corrected chi connectivity index (χ4v) is 3.38. The van der Waals surface area contributed by atoms with Crippen LogP contribution in [0.4, 0.5) is 23.1 Å². The number of rotatable bonds is 10. The van der Waals surface area contributed by atoms with Crippen LogP contribution in [0.1, 0.15) is 16.8 Å². The van der Waals surface area contributed by atoms with E-state index in [4.69, 9.17) is 16.6 Å². The minimum atomic E-state index is -1.39. The van der Waals surface area contributed by atoms with Crippen LogP contribution >= 0.6 is 0 Å². The van der Waals surface area contributed by atoms with E-state index in [0.717, 1.165) is 0 Å². The Morgan fingerprint density at radius 1 is 1.18 bits per heavy atom. The van der Waals surface area contributed by atoms with Gasteiger partial charge >= 0.3 is 11.9 Å². The van der Waals surface area contributed by atoms with E-state index in [2.05, 4.69) is 31.2 Å². The lowest BCUT2D eigenvalue weighted by Gasteiger charge is -2.27. The van der Waals surface area contributed by atoms with E-state index in [0.29, 0.717) is 30.3 Å². The van der Waals surface area contributed by atoms with Crippen LogP contribution in [0.2, 0.25) is 0 Å². The van der Waals surface area contributed by atoms with E-state index in [1.165, 1.54) is 12.1 Å². The summed E-state index contributed by atoms with van der Waals surface area (Å²) in [6, 6.07) is 4.77. The maximum atomic E-state index is 12.4. The second-order valence-corrected chi connectivity index (χ2v) is 7.73. The van der Waals surface area contributed by atoms with Crippen molar-refractivity contribution in [2.24, 2.45) is 11.7 Å². The Balaban J connectivity index is 1.56. The van der Waals surface area contributed by atoms with Gasteiger partial charge in [0, 0.05) is 30.9 Å². The van der Waals surface area contributed by atoms with Crippen molar-refractivity contribution in [3.8, 4) is 0 Å². The molecule has 1 aliphatic rings. The maximum Gasteiger partial charge on any atom is 0.326 e. The number of carbonyl (C=O) groups excluding carboxylic acids is 1. The predicted octanol–water partition coefficient (Wildman–Crippen LogP) is -1.10. The third kappa shape index (κ3) is 5.92. The standard InChI is InChI=1S/C20H26N8O6/c21-6-10(18(31)32)5-13(19(33)34)26-16(29)9-1-3-11(4-2-9)23-7-12-8-24-15-14(25-12)17(30)28-20(22)27-15/h1-4,10,12-13,23,25H,5-8,21H2,(H,26,29)(H,31,32)(H,33,34)(H4,22,24,27,28,30)/t10?,12?,13-/m0/s1. The summed E-state index contributed by atoms with van der Waals surface area (Å²) < 4.78 is 0. The van der Waals surface area contributed by atoms with Crippen molar-refractivity contribution in [3.63, 3.8) is 0 Å². The molecule has 3 rings (SSSR count).